The van der Waals surface area contributed by atoms with Crippen LogP contribution in [-0.2, 0) is 16.5 Å². The second-order valence-corrected chi connectivity index (χ2v) is 6.57. The zero-order valence-electron chi connectivity index (χ0n) is 15.1. The van der Waals surface area contributed by atoms with Gasteiger partial charge in [0.25, 0.3) is 5.91 Å². The van der Waals surface area contributed by atoms with Gasteiger partial charge in [-0.25, -0.2) is 4.99 Å². The monoisotopic (exact) mass is 400 g/mol. The SMILES string of the molecule is CN1C(=O)C(c2ccc(C(F)(F)F)nc2)(c2cccc(-c3ccoc3)c2)N=C1N. The van der Waals surface area contributed by atoms with Gasteiger partial charge in [0.05, 0.1) is 12.5 Å². The number of likely N-dealkylation sites (N-methyl/N-ethyl adjacent to an activating group) is 1. The Bertz CT molecular complexity index is 1090. The van der Waals surface area contributed by atoms with Gasteiger partial charge in [-0.05, 0) is 29.3 Å². The number of rotatable bonds is 3. The first-order valence-corrected chi connectivity index (χ1v) is 8.54. The zero-order valence-corrected chi connectivity index (χ0v) is 15.1. The van der Waals surface area contributed by atoms with Crippen LogP contribution in [0.2, 0.25) is 0 Å². The van der Waals surface area contributed by atoms with Crippen LogP contribution >= 0.6 is 0 Å². The van der Waals surface area contributed by atoms with Crippen LogP contribution in [0.3, 0.4) is 0 Å². The van der Waals surface area contributed by atoms with Crippen LogP contribution in [0.15, 0.2) is 70.6 Å². The smallest absolute Gasteiger partial charge is 0.433 e. The van der Waals surface area contributed by atoms with E-state index in [-0.39, 0.29) is 11.5 Å². The highest BCUT2D eigenvalue weighted by molar-refractivity contribution is 6.09. The number of alkyl halides is 3. The highest BCUT2D eigenvalue weighted by atomic mass is 19.4. The fourth-order valence-electron chi connectivity index (χ4n) is 3.31. The van der Waals surface area contributed by atoms with E-state index < -0.39 is 23.3 Å². The van der Waals surface area contributed by atoms with Crippen LogP contribution in [0.5, 0.6) is 0 Å². The van der Waals surface area contributed by atoms with E-state index in [9.17, 15) is 18.0 Å². The number of nitrogens with zero attached hydrogens (tertiary/aromatic N) is 3. The molecule has 1 aliphatic rings. The molecule has 1 amide bonds. The van der Waals surface area contributed by atoms with E-state index in [0.717, 1.165) is 23.4 Å². The summed E-state index contributed by atoms with van der Waals surface area (Å²) in [5.41, 5.74) is 5.38. The number of furan rings is 1. The number of aromatic nitrogens is 1. The summed E-state index contributed by atoms with van der Waals surface area (Å²) in [6.45, 7) is 0. The molecule has 1 atom stereocenters. The number of benzene rings is 1. The highest BCUT2D eigenvalue weighted by Crippen LogP contribution is 2.41. The first-order valence-electron chi connectivity index (χ1n) is 8.54. The fourth-order valence-corrected chi connectivity index (χ4v) is 3.31. The lowest BCUT2D eigenvalue weighted by molar-refractivity contribution is -0.141. The third kappa shape index (κ3) is 2.95. The lowest BCUT2D eigenvalue weighted by atomic mass is 9.82. The largest absolute Gasteiger partial charge is 0.472 e. The fraction of sp³-hybridized carbons (Fsp3) is 0.150. The molecule has 29 heavy (non-hydrogen) atoms. The molecule has 1 unspecified atom stereocenters. The van der Waals surface area contributed by atoms with Crippen LogP contribution in [-0.4, -0.2) is 28.8 Å². The van der Waals surface area contributed by atoms with Crippen molar-refractivity contribution in [2.24, 2.45) is 10.7 Å². The van der Waals surface area contributed by atoms with Gasteiger partial charge in [0.15, 0.2) is 11.5 Å². The maximum atomic E-state index is 13.2. The summed E-state index contributed by atoms with van der Waals surface area (Å²) in [7, 11) is 1.46. The Kier molecular flexibility index (Phi) is 4.18. The first kappa shape index (κ1) is 18.7. The first-order chi connectivity index (χ1) is 13.7. The van der Waals surface area contributed by atoms with Crippen LogP contribution in [0, 0.1) is 0 Å². The number of hydrogen-bond donors (Lipinski definition) is 1. The van der Waals surface area contributed by atoms with Gasteiger partial charge in [-0.3, -0.25) is 14.7 Å². The summed E-state index contributed by atoms with van der Waals surface area (Å²) in [5.74, 6) is -0.524. The average Bonchev–Trinajstić information content (AvgIpc) is 3.32. The minimum Gasteiger partial charge on any atom is -0.472 e. The van der Waals surface area contributed by atoms with Crippen molar-refractivity contribution in [1.29, 1.82) is 0 Å². The Labute approximate surface area is 163 Å². The van der Waals surface area contributed by atoms with E-state index in [4.69, 9.17) is 10.2 Å². The summed E-state index contributed by atoms with van der Waals surface area (Å²) in [4.78, 5) is 22.2. The maximum absolute atomic E-state index is 13.2. The van der Waals surface area contributed by atoms with Crippen LogP contribution in [0.1, 0.15) is 16.8 Å². The molecule has 0 saturated carbocycles. The van der Waals surface area contributed by atoms with E-state index in [1.165, 1.54) is 24.3 Å². The molecule has 0 spiro atoms. The second-order valence-electron chi connectivity index (χ2n) is 6.57. The van der Waals surface area contributed by atoms with Crippen molar-refractivity contribution < 1.29 is 22.4 Å². The molecule has 1 aromatic carbocycles. The van der Waals surface area contributed by atoms with Crippen molar-refractivity contribution in [3.05, 3.63) is 78.0 Å². The number of hydrogen-bond acceptors (Lipinski definition) is 5. The highest BCUT2D eigenvalue weighted by Gasteiger charge is 2.50. The van der Waals surface area contributed by atoms with Crippen molar-refractivity contribution in [3.63, 3.8) is 0 Å². The van der Waals surface area contributed by atoms with Crippen LogP contribution in [0.4, 0.5) is 13.2 Å². The van der Waals surface area contributed by atoms with Crippen molar-refractivity contribution in [3.8, 4) is 11.1 Å². The summed E-state index contributed by atoms with van der Waals surface area (Å²) in [6.07, 6.45) is -0.513. The number of pyridine rings is 1. The number of carbonyl (C=O) groups is 1. The Hall–Kier alpha value is -3.62. The van der Waals surface area contributed by atoms with Gasteiger partial charge in [0.1, 0.15) is 5.69 Å². The Balaban J connectivity index is 1.90. The molecule has 1 aliphatic heterocycles. The molecule has 0 aliphatic carbocycles. The summed E-state index contributed by atoms with van der Waals surface area (Å²) < 4.78 is 43.9. The van der Waals surface area contributed by atoms with Crippen molar-refractivity contribution in [2.75, 3.05) is 7.05 Å². The van der Waals surface area contributed by atoms with Gasteiger partial charge in [-0.1, -0.05) is 24.3 Å². The standard InChI is InChI=1S/C20H15F3N4O2/c1-27-17(28)19(26-18(27)24,15-5-6-16(25-10-15)20(21,22)23)14-4-2-3-12(9-14)13-7-8-29-11-13/h2-11H,1H3,(H2,24,26). The third-order valence-corrected chi connectivity index (χ3v) is 4.85. The van der Waals surface area contributed by atoms with Gasteiger partial charge in [0.2, 0.25) is 0 Å². The zero-order chi connectivity index (χ0) is 20.8. The molecule has 3 aromatic rings. The summed E-state index contributed by atoms with van der Waals surface area (Å²) in [6, 6.07) is 10.7. The summed E-state index contributed by atoms with van der Waals surface area (Å²) in [5, 5.41) is 0. The maximum Gasteiger partial charge on any atom is 0.433 e. The van der Waals surface area contributed by atoms with E-state index in [1.54, 1.807) is 30.5 Å². The molecule has 0 fully saturated rings. The molecule has 0 bridgehead atoms. The second kappa shape index (κ2) is 6.47. The molecule has 2 N–H and O–H groups in total. The predicted molar refractivity (Wildman–Crippen MR) is 98.6 cm³/mol. The van der Waals surface area contributed by atoms with Crippen molar-refractivity contribution in [2.45, 2.75) is 11.7 Å². The molecule has 3 heterocycles. The van der Waals surface area contributed by atoms with E-state index in [0.29, 0.717) is 5.56 Å². The number of amides is 1. The molecule has 4 rings (SSSR count). The van der Waals surface area contributed by atoms with Gasteiger partial charge in [-0.2, -0.15) is 13.2 Å². The molecular weight excluding hydrogens is 385 g/mol. The molecule has 6 nitrogen and oxygen atoms in total. The Morgan fingerprint density at radius 1 is 1.10 bits per heavy atom. The predicted octanol–water partition coefficient (Wildman–Crippen LogP) is 3.39. The average molecular weight is 400 g/mol. The van der Waals surface area contributed by atoms with Crippen molar-refractivity contribution in [1.82, 2.24) is 9.88 Å². The third-order valence-electron chi connectivity index (χ3n) is 4.85. The molecule has 9 heteroatoms. The van der Waals surface area contributed by atoms with Gasteiger partial charge in [-0.15, -0.1) is 0 Å². The molecule has 0 saturated heterocycles. The minimum atomic E-state index is -4.59. The quantitative estimate of drug-likeness (QED) is 0.730. The number of aliphatic imine (C=N–C) groups is 1. The topological polar surface area (TPSA) is 84.7 Å². The van der Waals surface area contributed by atoms with Gasteiger partial charge < -0.3 is 10.2 Å². The van der Waals surface area contributed by atoms with Crippen LogP contribution < -0.4 is 5.73 Å². The Morgan fingerprint density at radius 3 is 2.45 bits per heavy atom. The van der Waals surface area contributed by atoms with E-state index in [2.05, 4.69) is 9.98 Å². The Morgan fingerprint density at radius 2 is 1.90 bits per heavy atom. The number of nitrogens with two attached hydrogens (primary N) is 1. The molecule has 148 valence electrons. The molecule has 0 radical (unpaired) electrons. The number of carbonyl (C=O) groups excluding carboxylic acids is 1. The van der Waals surface area contributed by atoms with Gasteiger partial charge >= 0.3 is 6.18 Å². The minimum absolute atomic E-state index is 0.0383. The number of guanidine groups is 1. The number of halogens is 3. The van der Waals surface area contributed by atoms with E-state index >= 15 is 0 Å². The molecular formula is C20H15F3N4O2. The van der Waals surface area contributed by atoms with Crippen LogP contribution in [0.25, 0.3) is 11.1 Å². The van der Waals surface area contributed by atoms with E-state index in [1.807, 2.05) is 6.07 Å². The molecule has 2 aromatic heterocycles. The lowest BCUT2D eigenvalue weighted by Crippen LogP contribution is -2.41. The summed E-state index contributed by atoms with van der Waals surface area (Å²) >= 11 is 0. The lowest BCUT2D eigenvalue weighted by Gasteiger charge is -2.26. The normalized spacial score (nSPS) is 19.5. The van der Waals surface area contributed by atoms with Gasteiger partial charge in [0, 0.05) is 24.4 Å². The van der Waals surface area contributed by atoms with Crippen molar-refractivity contribution >= 4 is 11.9 Å².